The van der Waals surface area contributed by atoms with Crippen LogP contribution in [0.5, 0.6) is 0 Å². The summed E-state index contributed by atoms with van der Waals surface area (Å²) in [6.45, 7) is 3.88. The van der Waals surface area contributed by atoms with Crippen molar-refractivity contribution in [2.45, 2.75) is 333 Å². The highest BCUT2D eigenvalue weighted by atomic mass is 16.7. The number of amides is 1. The monoisotopic (exact) mass is 912 g/mol. The van der Waals surface area contributed by atoms with Crippen LogP contribution in [0, 0.1) is 0 Å². The number of hydrogen-bond donors (Lipinski definition) is 6. The highest BCUT2D eigenvalue weighted by Gasteiger charge is 2.44. The maximum Gasteiger partial charge on any atom is 0.220 e. The largest absolute Gasteiger partial charge is 0.394 e. The molecule has 64 heavy (non-hydrogen) atoms. The molecule has 7 unspecified atom stereocenters. The lowest BCUT2D eigenvalue weighted by atomic mass is 9.99. The Hall–Kier alpha value is -0.810. The van der Waals surface area contributed by atoms with E-state index in [2.05, 4.69) is 19.2 Å². The first-order chi connectivity index (χ1) is 31.3. The molecule has 1 fully saturated rings. The molecular weight excluding hydrogens is 803 g/mol. The molecule has 6 N–H and O–H groups in total. The van der Waals surface area contributed by atoms with Gasteiger partial charge in [0.05, 0.1) is 25.4 Å². The van der Waals surface area contributed by atoms with E-state index in [1.54, 1.807) is 0 Å². The second-order valence-corrected chi connectivity index (χ2v) is 20.1. The average molecular weight is 912 g/mol. The van der Waals surface area contributed by atoms with Crippen molar-refractivity contribution in [2.24, 2.45) is 0 Å². The molecule has 1 amide bonds. The Morgan fingerprint density at radius 2 is 0.781 bits per heavy atom. The molecule has 0 spiro atoms. The molecule has 7 atom stereocenters. The summed E-state index contributed by atoms with van der Waals surface area (Å²) in [6, 6.07) is -0.713. The second-order valence-electron chi connectivity index (χ2n) is 20.1. The summed E-state index contributed by atoms with van der Waals surface area (Å²) in [5.41, 5.74) is 0. The smallest absolute Gasteiger partial charge is 0.220 e. The molecule has 9 heteroatoms. The van der Waals surface area contributed by atoms with Gasteiger partial charge in [-0.15, -0.1) is 0 Å². The zero-order valence-corrected chi connectivity index (χ0v) is 42.3. The van der Waals surface area contributed by atoms with Crippen LogP contribution in [0.1, 0.15) is 290 Å². The Bertz CT molecular complexity index is 970. The van der Waals surface area contributed by atoms with Gasteiger partial charge in [0.2, 0.25) is 5.91 Å². The Morgan fingerprint density at radius 3 is 1.11 bits per heavy atom. The van der Waals surface area contributed by atoms with E-state index in [1.165, 1.54) is 225 Å². The number of carbonyl (C=O) groups excluding carboxylic acids is 1. The fraction of sp³-hybridized carbons (Fsp3) is 0.982. The Balaban J connectivity index is 2.20. The van der Waals surface area contributed by atoms with Gasteiger partial charge < -0.3 is 40.3 Å². The van der Waals surface area contributed by atoms with Gasteiger partial charge in [0.1, 0.15) is 24.4 Å². The zero-order chi connectivity index (χ0) is 46.6. The molecule has 382 valence electrons. The van der Waals surface area contributed by atoms with Crippen LogP contribution in [-0.4, -0.2) is 87.5 Å². The number of aliphatic hydroxyl groups is 5. The lowest BCUT2D eigenvalue weighted by Gasteiger charge is -2.40. The minimum atomic E-state index is -1.55. The first kappa shape index (κ1) is 61.2. The maximum atomic E-state index is 13.1. The topological polar surface area (TPSA) is 149 Å². The van der Waals surface area contributed by atoms with Crippen LogP contribution in [-0.2, 0) is 14.3 Å². The molecule has 1 heterocycles. The van der Waals surface area contributed by atoms with Gasteiger partial charge in [0.15, 0.2) is 6.29 Å². The number of hydrogen-bond acceptors (Lipinski definition) is 8. The van der Waals surface area contributed by atoms with Crippen LogP contribution in [0.2, 0.25) is 0 Å². The van der Waals surface area contributed by atoms with Crippen LogP contribution in [0.15, 0.2) is 0 Å². The first-order valence-corrected chi connectivity index (χ1v) is 28.2. The van der Waals surface area contributed by atoms with Crippen LogP contribution in [0.3, 0.4) is 0 Å². The van der Waals surface area contributed by atoms with Crippen molar-refractivity contribution in [2.75, 3.05) is 13.2 Å². The van der Waals surface area contributed by atoms with Crippen molar-refractivity contribution in [3.8, 4) is 0 Å². The Labute approximate surface area is 395 Å². The van der Waals surface area contributed by atoms with Crippen molar-refractivity contribution >= 4 is 5.91 Å². The minimum Gasteiger partial charge on any atom is -0.394 e. The quantitative estimate of drug-likeness (QED) is 0.0331. The standard InChI is InChI=1S/C55H109NO8/c1-3-5-7-9-11-13-15-17-19-21-23-24-25-26-27-29-31-33-35-37-39-41-43-45-51(59)56-48(47-63-55-54(62)53(61)52(60)50(46-57)64-55)49(58)44-42-40-38-36-34-32-30-28-22-20-18-16-14-12-10-8-6-4-2/h48-50,52-55,57-58,60-62H,3-47H2,1-2H3,(H,56,59). The minimum absolute atomic E-state index is 0.131. The fourth-order valence-corrected chi connectivity index (χ4v) is 9.46. The SMILES string of the molecule is CCCCCCCCCCCCCCCCCCCCCCCCCC(=O)NC(COC1OC(CO)C(O)C(O)C1O)C(O)CCCCCCCCCCCCCCCCCCCC. The van der Waals surface area contributed by atoms with E-state index in [-0.39, 0.29) is 12.5 Å². The van der Waals surface area contributed by atoms with Crippen LogP contribution in [0.4, 0.5) is 0 Å². The van der Waals surface area contributed by atoms with Gasteiger partial charge in [0.25, 0.3) is 0 Å². The number of carbonyl (C=O) groups is 1. The maximum absolute atomic E-state index is 13.1. The number of rotatable bonds is 49. The summed E-state index contributed by atoms with van der Waals surface area (Å²) in [5, 5.41) is 54.6. The van der Waals surface area contributed by atoms with E-state index >= 15 is 0 Å². The molecule has 1 saturated heterocycles. The van der Waals surface area contributed by atoms with Crippen molar-refractivity contribution in [3.63, 3.8) is 0 Å². The molecule has 0 radical (unpaired) electrons. The lowest BCUT2D eigenvalue weighted by molar-refractivity contribution is -0.302. The molecule has 0 bridgehead atoms. The molecule has 0 aliphatic carbocycles. The van der Waals surface area contributed by atoms with Crippen LogP contribution < -0.4 is 5.32 Å². The number of aliphatic hydroxyl groups excluding tert-OH is 5. The summed E-state index contributed by atoms with van der Waals surface area (Å²) >= 11 is 0. The number of nitrogens with one attached hydrogen (secondary N) is 1. The van der Waals surface area contributed by atoms with E-state index in [1.807, 2.05) is 0 Å². The van der Waals surface area contributed by atoms with Crippen molar-refractivity contribution < 1.29 is 39.8 Å². The van der Waals surface area contributed by atoms with E-state index < -0.39 is 49.5 Å². The third-order valence-corrected chi connectivity index (χ3v) is 14.0. The van der Waals surface area contributed by atoms with Crippen molar-refractivity contribution in [1.82, 2.24) is 5.32 Å². The third kappa shape index (κ3) is 35.3. The van der Waals surface area contributed by atoms with Crippen LogP contribution in [0.25, 0.3) is 0 Å². The van der Waals surface area contributed by atoms with E-state index in [0.717, 1.165) is 38.5 Å². The van der Waals surface area contributed by atoms with Gasteiger partial charge in [-0.1, -0.05) is 271 Å². The summed E-state index contributed by atoms with van der Waals surface area (Å²) in [6.07, 6.45) is 47.0. The average Bonchev–Trinajstić information content (AvgIpc) is 3.29. The molecule has 0 aromatic rings. The van der Waals surface area contributed by atoms with Gasteiger partial charge in [0, 0.05) is 6.42 Å². The molecule has 1 aliphatic rings. The fourth-order valence-electron chi connectivity index (χ4n) is 9.46. The highest BCUT2D eigenvalue weighted by Crippen LogP contribution is 2.23. The summed E-state index contributed by atoms with van der Waals surface area (Å²) in [5.74, 6) is -0.136. The van der Waals surface area contributed by atoms with Crippen molar-refractivity contribution in [1.29, 1.82) is 0 Å². The van der Waals surface area contributed by atoms with Gasteiger partial charge in [-0.3, -0.25) is 4.79 Å². The Kier molecular flexibility index (Phi) is 43.9. The number of ether oxygens (including phenoxy) is 2. The molecule has 1 rings (SSSR count). The summed E-state index contributed by atoms with van der Waals surface area (Å²) in [7, 11) is 0. The molecule has 0 aromatic heterocycles. The zero-order valence-electron chi connectivity index (χ0n) is 42.3. The molecular formula is C55H109NO8. The normalized spacial score (nSPS) is 19.9. The van der Waals surface area contributed by atoms with Gasteiger partial charge in [-0.05, 0) is 12.8 Å². The van der Waals surface area contributed by atoms with Crippen LogP contribution >= 0.6 is 0 Å². The molecule has 0 saturated carbocycles. The van der Waals surface area contributed by atoms with E-state index in [4.69, 9.17) is 9.47 Å². The predicted octanol–water partition coefficient (Wildman–Crippen LogP) is 13.5. The molecule has 1 aliphatic heterocycles. The lowest BCUT2D eigenvalue weighted by Crippen LogP contribution is -2.60. The van der Waals surface area contributed by atoms with Gasteiger partial charge in [-0.25, -0.2) is 0 Å². The van der Waals surface area contributed by atoms with Crippen molar-refractivity contribution in [3.05, 3.63) is 0 Å². The molecule has 9 nitrogen and oxygen atoms in total. The van der Waals surface area contributed by atoms with E-state index in [0.29, 0.717) is 12.8 Å². The summed E-state index contributed by atoms with van der Waals surface area (Å²) in [4.78, 5) is 13.1. The molecule has 0 aromatic carbocycles. The van der Waals surface area contributed by atoms with E-state index in [9.17, 15) is 30.3 Å². The van der Waals surface area contributed by atoms with Gasteiger partial charge in [-0.2, -0.15) is 0 Å². The third-order valence-electron chi connectivity index (χ3n) is 14.0. The second kappa shape index (κ2) is 45.9. The van der Waals surface area contributed by atoms with Gasteiger partial charge >= 0.3 is 0 Å². The predicted molar refractivity (Wildman–Crippen MR) is 268 cm³/mol. The number of unbranched alkanes of at least 4 members (excludes halogenated alkanes) is 39. The summed E-state index contributed by atoms with van der Waals surface area (Å²) < 4.78 is 11.3. The highest BCUT2D eigenvalue weighted by molar-refractivity contribution is 5.76. The first-order valence-electron chi connectivity index (χ1n) is 28.2. The Morgan fingerprint density at radius 1 is 0.469 bits per heavy atom.